The van der Waals surface area contributed by atoms with Crippen molar-refractivity contribution >= 4 is 0 Å². The Kier molecular flexibility index (Phi) is 7.91. The van der Waals surface area contributed by atoms with E-state index < -0.39 is 0 Å². The van der Waals surface area contributed by atoms with Crippen LogP contribution in [0.2, 0.25) is 0 Å². The fraction of sp³-hybridized carbons (Fsp3) is 1.00. The van der Waals surface area contributed by atoms with Crippen molar-refractivity contribution in [1.29, 1.82) is 0 Å². The summed E-state index contributed by atoms with van der Waals surface area (Å²) < 4.78 is 5.43. The number of nitrogens with one attached hydrogen (secondary N) is 1. The van der Waals surface area contributed by atoms with Crippen molar-refractivity contribution in [1.82, 2.24) is 15.1 Å². The van der Waals surface area contributed by atoms with Gasteiger partial charge in [0.25, 0.3) is 0 Å². The van der Waals surface area contributed by atoms with Gasteiger partial charge in [0.05, 0.1) is 6.61 Å². The topological polar surface area (TPSA) is 27.7 Å². The minimum absolute atomic E-state index is 0.510. The summed E-state index contributed by atoms with van der Waals surface area (Å²) in [4.78, 5) is 4.95. The Balaban J connectivity index is 2.48. The Labute approximate surface area is 119 Å². The number of hydrogen-bond acceptors (Lipinski definition) is 4. The molecule has 1 N–H and O–H groups in total. The first-order chi connectivity index (χ1) is 9.04. The molecule has 0 aromatic heterocycles. The Morgan fingerprint density at radius 1 is 1.32 bits per heavy atom. The van der Waals surface area contributed by atoms with Crippen LogP contribution >= 0.6 is 0 Å². The van der Waals surface area contributed by atoms with E-state index in [1.54, 1.807) is 0 Å². The lowest BCUT2D eigenvalue weighted by molar-refractivity contribution is 0.0730. The van der Waals surface area contributed by atoms with Crippen LogP contribution in [-0.2, 0) is 4.74 Å². The molecule has 1 heterocycles. The fourth-order valence-electron chi connectivity index (χ4n) is 2.96. The second kappa shape index (κ2) is 8.90. The molecule has 1 aliphatic rings. The minimum Gasteiger partial charge on any atom is -0.383 e. The highest BCUT2D eigenvalue weighted by Crippen LogP contribution is 2.20. The molecule has 0 saturated carbocycles. The van der Waals surface area contributed by atoms with E-state index in [0.717, 1.165) is 26.2 Å². The summed E-state index contributed by atoms with van der Waals surface area (Å²) >= 11 is 0. The van der Waals surface area contributed by atoms with Crippen molar-refractivity contribution in [3.05, 3.63) is 0 Å². The summed E-state index contributed by atoms with van der Waals surface area (Å²) in [6.45, 7) is 9.84. The number of ether oxygens (including phenoxy) is 1. The molecule has 19 heavy (non-hydrogen) atoms. The molecule has 0 bridgehead atoms. The Hall–Kier alpha value is -0.160. The Morgan fingerprint density at radius 2 is 2.05 bits per heavy atom. The first-order valence-electron chi connectivity index (χ1n) is 7.64. The maximum absolute atomic E-state index is 5.43. The summed E-state index contributed by atoms with van der Waals surface area (Å²) in [7, 11) is 6.14. The minimum atomic E-state index is 0.510. The predicted molar refractivity (Wildman–Crippen MR) is 81.7 cm³/mol. The first-order valence-corrected chi connectivity index (χ1v) is 7.64. The van der Waals surface area contributed by atoms with Gasteiger partial charge in [-0.2, -0.15) is 0 Å². The van der Waals surface area contributed by atoms with Gasteiger partial charge in [0.2, 0.25) is 0 Å². The maximum Gasteiger partial charge on any atom is 0.0630 e. The lowest BCUT2D eigenvalue weighted by Crippen LogP contribution is -2.50. The third-order valence-electron chi connectivity index (χ3n) is 3.76. The van der Waals surface area contributed by atoms with Gasteiger partial charge in [-0.3, -0.25) is 4.90 Å². The van der Waals surface area contributed by atoms with Crippen LogP contribution in [0.3, 0.4) is 0 Å². The van der Waals surface area contributed by atoms with Crippen LogP contribution in [0.25, 0.3) is 0 Å². The summed E-state index contributed by atoms with van der Waals surface area (Å²) in [6, 6.07) is 1.20. The lowest BCUT2D eigenvalue weighted by Gasteiger charge is -2.34. The van der Waals surface area contributed by atoms with E-state index >= 15 is 0 Å². The highest BCUT2D eigenvalue weighted by Gasteiger charge is 2.30. The lowest BCUT2D eigenvalue weighted by atomic mass is 10.1. The van der Waals surface area contributed by atoms with Crippen molar-refractivity contribution in [2.45, 2.75) is 38.8 Å². The second-order valence-corrected chi connectivity index (χ2v) is 6.46. The zero-order valence-electron chi connectivity index (χ0n) is 13.5. The first kappa shape index (κ1) is 16.9. The van der Waals surface area contributed by atoms with Crippen molar-refractivity contribution < 1.29 is 4.74 Å². The molecule has 0 spiro atoms. The van der Waals surface area contributed by atoms with Gasteiger partial charge < -0.3 is 15.0 Å². The van der Waals surface area contributed by atoms with Crippen LogP contribution in [0.5, 0.6) is 0 Å². The average molecular weight is 271 g/mol. The largest absolute Gasteiger partial charge is 0.383 e. The molecule has 1 aliphatic heterocycles. The molecule has 2 unspecified atom stereocenters. The Bertz CT molecular complexity index is 233. The van der Waals surface area contributed by atoms with Gasteiger partial charge >= 0.3 is 0 Å². The summed E-state index contributed by atoms with van der Waals surface area (Å²) in [5.74, 6) is 0.708. The predicted octanol–water partition coefficient (Wildman–Crippen LogP) is 1.27. The fourth-order valence-corrected chi connectivity index (χ4v) is 2.96. The van der Waals surface area contributed by atoms with Crippen LogP contribution in [0.15, 0.2) is 0 Å². The Morgan fingerprint density at radius 3 is 2.63 bits per heavy atom. The molecular weight excluding hydrogens is 238 g/mol. The van der Waals surface area contributed by atoms with Crippen LogP contribution in [0.4, 0.5) is 0 Å². The molecule has 1 rings (SSSR count). The molecule has 4 nitrogen and oxygen atoms in total. The highest BCUT2D eigenvalue weighted by atomic mass is 16.5. The third-order valence-corrected chi connectivity index (χ3v) is 3.76. The second-order valence-electron chi connectivity index (χ2n) is 6.46. The van der Waals surface area contributed by atoms with Crippen LogP contribution < -0.4 is 5.32 Å². The zero-order chi connectivity index (χ0) is 14.3. The zero-order valence-corrected chi connectivity index (χ0v) is 13.5. The molecule has 1 saturated heterocycles. The quantitative estimate of drug-likeness (QED) is 0.683. The maximum atomic E-state index is 5.43. The van der Waals surface area contributed by atoms with Gasteiger partial charge in [-0.15, -0.1) is 0 Å². The van der Waals surface area contributed by atoms with E-state index in [0.29, 0.717) is 18.0 Å². The van der Waals surface area contributed by atoms with Crippen LogP contribution in [0.1, 0.15) is 26.7 Å². The van der Waals surface area contributed by atoms with Crippen molar-refractivity contribution in [2.75, 3.05) is 54.0 Å². The molecule has 0 aromatic rings. The number of rotatable bonds is 9. The van der Waals surface area contributed by atoms with E-state index in [1.807, 2.05) is 7.11 Å². The van der Waals surface area contributed by atoms with E-state index in [4.69, 9.17) is 4.74 Å². The van der Waals surface area contributed by atoms with Gasteiger partial charge in [0.1, 0.15) is 0 Å². The number of methoxy groups -OCH3 is 1. The summed E-state index contributed by atoms with van der Waals surface area (Å²) in [6.07, 6.45) is 2.64. The van der Waals surface area contributed by atoms with Gasteiger partial charge in [-0.25, -0.2) is 0 Å². The summed E-state index contributed by atoms with van der Waals surface area (Å²) in [5, 5.41) is 3.59. The number of hydrogen-bond donors (Lipinski definition) is 1. The molecule has 0 aromatic carbocycles. The van der Waals surface area contributed by atoms with Gasteiger partial charge in [0.15, 0.2) is 0 Å². The monoisotopic (exact) mass is 271 g/mol. The molecule has 0 amide bonds. The van der Waals surface area contributed by atoms with E-state index in [-0.39, 0.29) is 0 Å². The SMILES string of the molecule is COCC(CNCC(C)C)N1CCCC1CN(C)C. The van der Waals surface area contributed by atoms with Crippen molar-refractivity contribution in [3.8, 4) is 0 Å². The van der Waals surface area contributed by atoms with E-state index in [9.17, 15) is 0 Å². The van der Waals surface area contributed by atoms with Gasteiger partial charge in [0, 0.05) is 32.3 Å². The molecule has 0 radical (unpaired) electrons. The number of nitrogens with zero attached hydrogens (tertiary/aromatic N) is 2. The molecule has 2 atom stereocenters. The summed E-state index contributed by atoms with van der Waals surface area (Å²) in [5.41, 5.74) is 0. The van der Waals surface area contributed by atoms with Crippen LogP contribution in [-0.4, -0.2) is 75.9 Å². The van der Waals surface area contributed by atoms with Gasteiger partial charge in [-0.05, 0) is 45.9 Å². The normalized spacial score (nSPS) is 22.6. The van der Waals surface area contributed by atoms with Crippen LogP contribution in [0, 0.1) is 5.92 Å². The van der Waals surface area contributed by atoms with E-state index in [2.05, 4.69) is 43.1 Å². The molecular formula is C15H33N3O. The van der Waals surface area contributed by atoms with Crippen molar-refractivity contribution in [3.63, 3.8) is 0 Å². The number of likely N-dealkylation sites (tertiary alicyclic amines) is 1. The molecule has 0 aliphatic carbocycles. The standard InChI is InChI=1S/C15H33N3O/c1-13(2)9-16-10-15(12-19-5)18-8-6-7-14(18)11-17(3)4/h13-16H,6-12H2,1-5H3. The average Bonchev–Trinajstić information content (AvgIpc) is 2.74. The third kappa shape index (κ3) is 6.21. The number of likely N-dealkylation sites (N-methyl/N-ethyl adjacent to an activating group) is 1. The highest BCUT2D eigenvalue weighted by molar-refractivity contribution is 4.87. The molecule has 114 valence electrons. The van der Waals surface area contributed by atoms with E-state index in [1.165, 1.54) is 19.4 Å². The smallest absolute Gasteiger partial charge is 0.0630 e. The van der Waals surface area contributed by atoms with Gasteiger partial charge in [-0.1, -0.05) is 13.8 Å². The molecule has 1 fully saturated rings. The van der Waals surface area contributed by atoms with Crippen molar-refractivity contribution in [2.24, 2.45) is 5.92 Å². The molecule has 4 heteroatoms.